The molecule has 5 unspecified atom stereocenters. The minimum atomic E-state index is -0.544. The maximum atomic E-state index is 12.5. The van der Waals surface area contributed by atoms with Crippen molar-refractivity contribution in [2.24, 2.45) is 28.1 Å². The molecule has 0 aromatic rings. The van der Waals surface area contributed by atoms with Gasteiger partial charge in [0.25, 0.3) is 0 Å². The Bertz CT molecular complexity index is 534. The summed E-state index contributed by atoms with van der Waals surface area (Å²) in [6, 6.07) is 0. The van der Waals surface area contributed by atoms with Crippen LogP contribution in [0.5, 0.6) is 0 Å². The maximum absolute atomic E-state index is 12.5. The number of carbonyl (C=O) groups excluding carboxylic acids is 1. The first-order valence-electron chi connectivity index (χ1n) is 8.77. The molecule has 0 radical (unpaired) electrons. The van der Waals surface area contributed by atoms with Crippen LogP contribution in [0.1, 0.15) is 59.3 Å². The highest BCUT2D eigenvalue weighted by atomic mass is 16.3. The molecule has 2 fully saturated rings. The second-order valence-electron chi connectivity index (χ2n) is 8.67. The second-order valence-corrected chi connectivity index (χ2v) is 8.67. The highest BCUT2D eigenvalue weighted by Gasteiger charge is 2.57. The summed E-state index contributed by atoms with van der Waals surface area (Å²) >= 11 is 0. The summed E-state index contributed by atoms with van der Waals surface area (Å²) in [6.45, 7) is 10.7. The Labute approximate surface area is 134 Å². The smallest absolute Gasteiger partial charge is 0.141 e. The molecule has 0 amide bonds. The lowest BCUT2D eigenvalue weighted by Gasteiger charge is -2.58. The summed E-state index contributed by atoms with van der Waals surface area (Å²) in [5.74, 6) is 1.19. The van der Waals surface area contributed by atoms with Crippen LogP contribution < -0.4 is 0 Å². The van der Waals surface area contributed by atoms with E-state index < -0.39 is 5.41 Å². The summed E-state index contributed by atoms with van der Waals surface area (Å²) in [5.41, 5.74) is 1.35. The molecule has 2 heteroatoms. The number of rotatable bonds is 2. The molecule has 0 bridgehead atoms. The zero-order chi connectivity index (χ0) is 16.2. The van der Waals surface area contributed by atoms with Gasteiger partial charge < -0.3 is 5.11 Å². The Hall–Kier alpha value is -0.890. The predicted octanol–water partition coefficient (Wildman–Crippen LogP) is 4.29. The lowest BCUT2D eigenvalue weighted by molar-refractivity contribution is -0.146. The minimum Gasteiger partial charge on any atom is -0.395 e. The second kappa shape index (κ2) is 5.06. The van der Waals surface area contributed by atoms with Gasteiger partial charge in [-0.05, 0) is 54.8 Å². The van der Waals surface area contributed by atoms with Crippen LogP contribution in [-0.4, -0.2) is 17.5 Å². The van der Waals surface area contributed by atoms with E-state index in [2.05, 4.69) is 32.6 Å². The van der Waals surface area contributed by atoms with E-state index in [0.717, 1.165) is 25.7 Å². The van der Waals surface area contributed by atoms with E-state index in [1.807, 2.05) is 6.92 Å². The van der Waals surface area contributed by atoms with E-state index >= 15 is 0 Å². The third kappa shape index (κ3) is 2.06. The third-order valence-electron chi connectivity index (χ3n) is 7.27. The molecule has 3 aliphatic rings. The Kier molecular flexibility index (Phi) is 3.67. The normalized spacial score (nSPS) is 48.2. The predicted molar refractivity (Wildman–Crippen MR) is 89.4 cm³/mol. The van der Waals surface area contributed by atoms with Crippen LogP contribution in [0.2, 0.25) is 0 Å². The fraction of sp³-hybridized carbons (Fsp3) is 0.750. The van der Waals surface area contributed by atoms with Crippen LogP contribution in [0.15, 0.2) is 24.3 Å². The standard InChI is InChI=1S/C20H30O2/c1-5-18(2)10-8-15-14(12-18)6-7-16-19(15,3)11-9-17(22)20(16,4)13-21/h5,8,14,16,21H,1,6-7,9-13H2,2-4H3. The number of ketones is 1. The molecule has 0 aromatic heterocycles. The molecule has 0 heterocycles. The van der Waals surface area contributed by atoms with E-state index in [9.17, 15) is 9.90 Å². The van der Waals surface area contributed by atoms with Gasteiger partial charge in [-0.3, -0.25) is 4.79 Å². The zero-order valence-electron chi connectivity index (χ0n) is 14.3. The number of allylic oxidation sites excluding steroid dienone is 3. The van der Waals surface area contributed by atoms with Gasteiger partial charge in [0, 0.05) is 6.42 Å². The van der Waals surface area contributed by atoms with Gasteiger partial charge in [-0.2, -0.15) is 0 Å². The largest absolute Gasteiger partial charge is 0.395 e. The molecular formula is C20H30O2. The van der Waals surface area contributed by atoms with Gasteiger partial charge in [0.1, 0.15) is 5.78 Å². The fourth-order valence-corrected chi connectivity index (χ4v) is 5.67. The van der Waals surface area contributed by atoms with Crippen molar-refractivity contribution in [2.45, 2.75) is 59.3 Å². The molecule has 2 saturated carbocycles. The Morgan fingerprint density at radius 2 is 2.09 bits per heavy atom. The van der Waals surface area contributed by atoms with Crippen molar-refractivity contribution in [3.8, 4) is 0 Å². The van der Waals surface area contributed by atoms with Crippen LogP contribution in [0.25, 0.3) is 0 Å². The van der Waals surface area contributed by atoms with Crippen molar-refractivity contribution in [1.82, 2.24) is 0 Å². The maximum Gasteiger partial charge on any atom is 0.141 e. The number of aliphatic hydroxyl groups is 1. The van der Waals surface area contributed by atoms with Crippen LogP contribution in [0.4, 0.5) is 0 Å². The van der Waals surface area contributed by atoms with Crippen molar-refractivity contribution in [3.63, 3.8) is 0 Å². The monoisotopic (exact) mass is 302 g/mol. The van der Waals surface area contributed by atoms with Crippen LogP contribution in [0, 0.1) is 28.1 Å². The van der Waals surface area contributed by atoms with E-state index in [1.165, 1.54) is 6.42 Å². The number of aliphatic hydroxyl groups excluding tert-OH is 1. The number of hydrogen-bond donors (Lipinski definition) is 1. The quantitative estimate of drug-likeness (QED) is 0.772. The molecular weight excluding hydrogens is 272 g/mol. The molecule has 5 atom stereocenters. The van der Waals surface area contributed by atoms with E-state index in [4.69, 9.17) is 0 Å². The highest BCUT2D eigenvalue weighted by molar-refractivity contribution is 5.86. The van der Waals surface area contributed by atoms with E-state index in [-0.39, 0.29) is 23.2 Å². The van der Waals surface area contributed by atoms with Gasteiger partial charge in [-0.15, -0.1) is 6.58 Å². The zero-order valence-corrected chi connectivity index (χ0v) is 14.3. The number of Topliss-reactive ketones (excluding diaryl/α,β-unsaturated/α-hetero) is 1. The average molecular weight is 302 g/mol. The van der Waals surface area contributed by atoms with Crippen molar-refractivity contribution < 1.29 is 9.90 Å². The molecule has 1 N–H and O–H groups in total. The lowest BCUT2D eigenvalue weighted by Crippen LogP contribution is -2.55. The van der Waals surface area contributed by atoms with Gasteiger partial charge in [-0.1, -0.05) is 38.5 Å². The van der Waals surface area contributed by atoms with Crippen molar-refractivity contribution in [2.75, 3.05) is 6.61 Å². The molecule has 0 saturated heterocycles. The first-order chi connectivity index (χ1) is 10.3. The molecule has 0 spiro atoms. The lowest BCUT2D eigenvalue weighted by atomic mass is 9.46. The Morgan fingerprint density at radius 1 is 1.36 bits per heavy atom. The van der Waals surface area contributed by atoms with E-state index in [0.29, 0.717) is 18.3 Å². The molecule has 122 valence electrons. The first kappa shape index (κ1) is 16.0. The van der Waals surface area contributed by atoms with Crippen molar-refractivity contribution in [1.29, 1.82) is 0 Å². The molecule has 2 nitrogen and oxygen atoms in total. The summed E-state index contributed by atoms with van der Waals surface area (Å²) in [6.07, 6.45) is 10.6. The van der Waals surface area contributed by atoms with Crippen LogP contribution >= 0.6 is 0 Å². The van der Waals surface area contributed by atoms with Gasteiger partial charge >= 0.3 is 0 Å². The molecule has 3 rings (SSSR count). The third-order valence-corrected chi connectivity index (χ3v) is 7.27. The topological polar surface area (TPSA) is 37.3 Å². The molecule has 3 aliphatic carbocycles. The van der Waals surface area contributed by atoms with Gasteiger partial charge in [0.2, 0.25) is 0 Å². The Morgan fingerprint density at radius 3 is 2.73 bits per heavy atom. The minimum absolute atomic E-state index is 0.00555. The number of hydrogen-bond acceptors (Lipinski definition) is 2. The van der Waals surface area contributed by atoms with Crippen molar-refractivity contribution >= 4 is 5.78 Å². The average Bonchev–Trinajstić information content (AvgIpc) is 2.51. The summed E-state index contributed by atoms with van der Waals surface area (Å²) in [5, 5.41) is 9.94. The van der Waals surface area contributed by atoms with Crippen LogP contribution in [-0.2, 0) is 4.79 Å². The SMILES string of the molecule is C=CC1(C)CC=C2C(CCC3C(C)(CO)C(=O)CCC23C)C1. The summed E-state index contributed by atoms with van der Waals surface area (Å²) in [7, 11) is 0. The van der Waals surface area contributed by atoms with E-state index in [1.54, 1.807) is 5.57 Å². The van der Waals surface area contributed by atoms with Gasteiger partial charge in [0.05, 0.1) is 12.0 Å². The first-order valence-corrected chi connectivity index (χ1v) is 8.77. The highest BCUT2D eigenvalue weighted by Crippen LogP contribution is 2.62. The van der Waals surface area contributed by atoms with Gasteiger partial charge in [0.15, 0.2) is 0 Å². The fourth-order valence-electron chi connectivity index (χ4n) is 5.67. The molecule has 0 aliphatic heterocycles. The summed E-state index contributed by atoms with van der Waals surface area (Å²) in [4.78, 5) is 12.5. The van der Waals surface area contributed by atoms with Gasteiger partial charge in [-0.25, -0.2) is 0 Å². The molecule has 0 aromatic carbocycles. The number of fused-ring (bicyclic) bond motifs is 3. The Balaban J connectivity index is 2.00. The summed E-state index contributed by atoms with van der Waals surface area (Å²) < 4.78 is 0. The van der Waals surface area contributed by atoms with Crippen molar-refractivity contribution in [3.05, 3.63) is 24.3 Å². The van der Waals surface area contributed by atoms with Crippen LogP contribution in [0.3, 0.4) is 0 Å². The molecule has 22 heavy (non-hydrogen) atoms. The number of carbonyl (C=O) groups is 1.